The third-order valence-electron chi connectivity index (χ3n) is 2.85. The van der Waals surface area contributed by atoms with E-state index in [9.17, 15) is 17.6 Å². The quantitative estimate of drug-likeness (QED) is 0.636. The van der Waals surface area contributed by atoms with Crippen molar-refractivity contribution in [1.82, 2.24) is 0 Å². The van der Waals surface area contributed by atoms with Gasteiger partial charge < -0.3 is 11.1 Å². The molecular weight excluding hydrogens is 308 g/mol. The SMILES string of the molecule is Nc1cc(C(F)(F)F)ccc1NCc1ccc(F)c(Cl)c1. The van der Waals surface area contributed by atoms with Gasteiger partial charge in [-0.3, -0.25) is 0 Å². The number of halogens is 5. The molecule has 2 rings (SSSR count). The highest BCUT2D eigenvalue weighted by atomic mass is 35.5. The summed E-state index contributed by atoms with van der Waals surface area (Å²) in [6, 6.07) is 7.23. The lowest BCUT2D eigenvalue weighted by molar-refractivity contribution is -0.137. The molecule has 0 aliphatic rings. The Balaban J connectivity index is 2.11. The van der Waals surface area contributed by atoms with Gasteiger partial charge in [-0.15, -0.1) is 0 Å². The van der Waals surface area contributed by atoms with Gasteiger partial charge in [0.05, 0.1) is 22.0 Å². The third-order valence-corrected chi connectivity index (χ3v) is 3.14. The van der Waals surface area contributed by atoms with Crippen molar-refractivity contribution < 1.29 is 17.6 Å². The fourth-order valence-electron chi connectivity index (χ4n) is 1.75. The summed E-state index contributed by atoms with van der Waals surface area (Å²) >= 11 is 5.65. The number of rotatable bonds is 3. The van der Waals surface area contributed by atoms with Gasteiger partial charge in [0.15, 0.2) is 0 Å². The Morgan fingerprint density at radius 1 is 1.10 bits per heavy atom. The summed E-state index contributed by atoms with van der Waals surface area (Å²) in [5.74, 6) is -0.533. The normalized spacial score (nSPS) is 11.5. The summed E-state index contributed by atoms with van der Waals surface area (Å²) in [7, 11) is 0. The second-order valence-electron chi connectivity index (χ2n) is 4.40. The number of hydrogen-bond acceptors (Lipinski definition) is 2. The van der Waals surface area contributed by atoms with Crippen LogP contribution in [0.15, 0.2) is 36.4 Å². The topological polar surface area (TPSA) is 38.0 Å². The lowest BCUT2D eigenvalue weighted by atomic mass is 10.1. The predicted molar refractivity (Wildman–Crippen MR) is 74.6 cm³/mol. The highest BCUT2D eigenvalue weighted by Crippen LogP contribution is 2.33. The van der Waals surface area contributed by atoms with Crippen molar-refractivity contribution in [3.05, 3.63) is 58.4 Å². The fraction of sp³-hybridized carbons (Fsp3) is 0.143. The van der Waals surface area contributed by atoms with Crippen molar-refractivity contribution in [2.75, 3.05) is 11.1 Å². The molecule has 0 aliphatic heterocycles. The molecule has 0 heterocycles. The maximum Gasteiger partial charge on any atom is 0.416 e. The molecule has 0 radical (unpaired) electrons. The van der Waals surface area contributed by atoms with Crippen molar-refractivity contribution in [2.45, 2.75) is 12.7 Å². The lowest BCUT2D eigenvalue weighted by Crippen LogP contribution is -2.08. The first-order chi connectivity index (χ1) is 9.77. The molecule has 2 nitrogen and oxygen atoms in total. The van der Waals surface area contributed by atoms with Crippen LogP contribution in [0.3, 0.4) is 0 Å². The van der Waals surface area contributed by atoms with E-state index in [1.165, 1.54) is 24.3 Å². The van der Waals surface area contributed by atoms with Gasteiger partial charge in [0.25, 0.3) is 0 Å². The Labute approximate surface area is 123 Å². The Morgan fingerprint density at radius 2 is 1.81 bits per heavy atom. The Kier molecular flexibility index (Phi) is 4.27. The van der Waals surface area contributed by atoms with E-state index in [4.69, 9.17) is 17.3 Å². The first kappa shape index (κ1) is 15.4. The molecular formula is C14H11ClF4N2. The molecule has 0 spiro atoms. The number of hydrogen-bond donors (Lipinski definition) is 2. The minimum atomic E-state index is -4.43. The molecule has 0 saturated heterocycles. The maximum absolute atomic E-state index is 13.0. The molecule has 2 aromatic rings. The van der Waals surface area contributed by atoms with Gasteiger partial charge in [-0.05, 0) is 35.9 Å². The van der Waals surface area contributed by atoms with Crippen LogP contribution in [0.5, 0.6) is 0 Å². The Hall–Kier alpha value is -1.95. The van der Waals surface area contributed by atoms with Gasteiger partial charge in [0.2, 0.25) is 0 Å². The summed E-state index contributed by atoms with van der Waals surface area (Å²) in [6.45, 7) is 0.259. The van der Waals surface area contributed by atoms with Gasteiger partial charge in [0.1, 0.15) is 5.82 Å². The van der Waals surface area contributed by atoms with Crippen LogP contribution < -0.4 is 11.1 Å². The monoisotopic (exact) mass is 318 g/mol. The predicted octanol–water partition coefficient (Wildman–Crippen LogP) is 4.69. The van der Waals surface area contributed by atoms with Crippen molar-refractivity contribution in [2.24, 2.45) is 0 Å². The van der Waals surface area contributed by atoms with E-state index in [0.717, 1.165) is 12.1 Å². The van der Waals surface area contributed by atoms with Crippen molar-refractivity contribution in [3.8, 4) is 0 Å². The summed E-state index contributed by atoms with van der Waals surface area (Å²) in [5, 5.41) is 2.86. The number of benzene rings is 2. The van der Waals surface area contributed by atoms with Crippen LogP contribution in [0.25, 0.3) is 0 Å². The zero-order valence-electron chi connectivity index (χ0n) is 10.6. The lowest BCUT2D eigenvalue weighted by Gasteiger charge is -2.13. The molecule has 0 bridgehead atoms. The first-order valence-corrected chi connectivity index (χ1v) is 6.29. The molecule has 0 aliphatic carbocycles. The van der Waals surface area contributed by atoms with Gasteiger partial charge in [-0.1, -0.05) is 17.7 Å². The zero-order chi connectivity index (χ0) is 15.6. The average Bonchev–Trinajstić information content (AvgIpc) is 2.40. The second kappa shape index (κ2) is 5.81. The van der Waals surface area contributed by atoms with Crippen LogP contribution >= 0.6 is 11.6 Å². The molecule has 0 atom stereocenters. The minimum Gasteiger partial charge on any atom is -0.397 e. The smallest absolute Gasteiger partial charge is 0.397 e. The first-order valence-electron chi connectivity index (χ1n) is 5.92. The average molecular weight is 319 g/mol. The molecule has 21 heavy (non-hydrogen) atoms. The molecule has 0 amide bonds. The van der Waals surface area contributed by atoms with E-state index in [2.05, 4.69) is 5.32 Å². The highest BCUT2D eigenvalue weighted by Gasteiger charge is 2.30. The van der Waals surface area contributed by atoms with E-state index in [1.54, 1.807) is 0 Å². The summed E-state index contributed by atoms with van der Waals surface area (Å²) < 4.78 is 50.5. The van der Waals surface area contributed by atoms with E-state index in [-0.39, 0.29) is 17.3 Å². The van der Waals surface area contributed by atoms with Gasteiger partial charge >= 0.3 is 6.18 Å². The molecule has 0 aromatic heterocycles. The molecule has 0 unspecified atom stereocenters. The van der Waals surface area contributed by atoms with Crippen molar-refractivity contribution >= 4 is 23.0 Å². The summed E-state index contributed by atoms with van der Waals surface area (Å²) in [5.41, 5.74) is 5.81. The van der Waals surface area contributed by atoms with E-state index in [0.29, 0.717) is 11.3 Å². The summed E-state index contributed by atoms with van der Waals surface area (Å²) in [6.07, 6.45) is -4.43. The molecule has 0 fully saturated rings. The maximum atomic E-state index is 13.0. The number of anilines is 2. The van der Waals surface area contributed by atoms with E-state index >= 15 is 0 Å². The number of alkyl halides is 3. The number of nitrogen functional groups attached to an aromatic ring is 1. The van der Waals surface area contributed by atoms with Gasteiger partial charge in [-0.2, -0.15) is 13.2 Å². The van der Waals surface area contributed by atoms with Crippen molar-refractivity contribution in [1.29, 1.82) is 0 Å². The van der Waals surface area contributed by atoms with Crippen LogP contribution in [0.1, 0.15) is 11.1 Å². The summed E-state index contributed by atoms with van der Waals surface area (Å²) in [4.78, 5) is 0. The molecule has 0 saturated carbocycles. The van der Waals surface area contributed by atoms with Crippen LogP contribution in [-0.4, -0.2) is 0 Å². The van der Waals surface area contributed by atoms with Crippen molar-refractivity contribution in [3.63, 3.8) is 0 Å². The molecule has 112 valence electrons. The molecule has 2 aromatic carbocycles. The largest absolute Gasteiger partial charge is 0.416 e. The molecule has 3 N–H and O–H groups in total. The van der Waals surface area contributed by atoms with Crippen LogP contribution in [0, 0.1) is 5.82 Å². The Morgan fingerprint density at radius 3 is 2.38 bits per heavy atom. The van der Waals surface area contributed by atoms with E-state index in [1.807, 2.05) is 0 Å². The van der Waals surface area contributed by atoms with Crippen LogP contribution in [0.4, 0.5) is 28.9 Å². The van der Waals surface area contributed by atoms with Crippen LogP contribution in [-0.2, 0) is 12.7 Å². The fourth-order valence-corrected chi connectivity index (χ4v) is 1.95. The van der Waals surface area contributed by atoms with Gasteiger partial charge in [-0.25, -0.2) is 4.39 Å². The second-order valence-corrected chi connectivity index (χ2v) is 4.81. The number of nitrogens with one attached hydrogen (secondary N) is 1. The van der Waals surface area contributed by atoms with Crippen LogP contribution in [0.2, 0.25) is 5.02 Å². The molecule has 7 heteroatoms. The van der Waals surface area contributed by atoms with E-state index < -0.39 is 17.6 Å². The number of nitrogens with two attached hydrogens (primary N) is 1. The standard InChI is InChI=1S/C14H11ClF4N2/c15-10-5-8(1-3-11(10)16)7-21-13-4-2-9(6-12(13)20)14(17,18)19/h1-6,21H,7,20H2. The highest BCUT2D eigenvalue weighted by molar-refractivity contribution is 6.30. The van der Waals surface area contributed by atoms with Gasteiger partial charge in [0, 0.05) is 6.54 Å². The zero-order valence-corrected chi connectivity index (χ0v) is 11.4. The Bertz CT molecular complexity index is 656. The third kappa shape index (κ3) is 3.78. The minimum absolute atomic E-state index is 0.0157.